The molecule has 0 aromatic heterocycles. The molecule has 0 bridgehead atoms. The Morgan fingerprint density at radius 3 is 2.14 bits per heavy atom. The summed E-state index contributed by atoms with van der Waals surface area (Å²) >= 11 is 0. The van der Waals surface area contributed by atoms with E-state index in [4.69, 9.17) is 5.73 Å². The number of carbonyl (C=O) groups is 2. The molecule has 0 aromatic rings. The topological polar surface area (TPSA) is 75.4 Å². The predicted molar refractivity (Wildman–Crippen MR) is 115 cm³/mol. The minimum Gasteiger partial charge on any atom is -0.353 e. The molecular weight excluding hydrogens is 374 g/mol. The Morgan fingerprint density at radius 1 is 0.964 bits per heavy atom. The first-order chi connectivity index (χ1) is 13.0. The van der Waals surface area contributed by atoms with Gasteiger partial charge in [-0.1, -0.05) is 19.3 Å². The van der Waals surface area contributed by atoms with E-state index < -0.39 is 0 Å². The molecule has 5 nitrogen and oxygen atoms in total. The van der Waals surface area contributed by atoms with Gasteiger partial charge >= 0.3 is 0 Å². The summed E-state index contributed by atoms with van der Waals surface area (Å²) in [5.41, 5.74) is 6.01. The molecule has 3 fully saturated rings. The summed E-state index contributed by atoms with van der Waals surface area (Å²) in [5.74, 6) is 1.88. The van der Waals surface area contributed by atoms with Gasteiger partial charge in [-0.3, -0.25) is 9.59 Å². The van der Waals surface area contributed by atoms with Gasteiger partial charge in [-0.2, -0.15) is 0 Å². The third-order valence-corrected chi connectivity index (χ3v) is 7.24. The fraction of sp³-hybridized carbons (Fsp3) is 0.909. The first-order valence-corrected chi connectivity index (χ1v) is 11.4. The van der Waals surface area contributed by atoms with Crippen molar-refractivity contribution in [2.45, 2.75) is 96.1 Å². The minimum atomic E-state index is 0. The molecule has 3 N–H and O–H groups in total. The van der Waals surface area contributed by atoms with Crippen molar-refractivity contribution >= 4 is 24.2 Å². The maximum atomic E-state index is 12.8. The highest BCUT2D eigenvalue weighted by atomic mass is 35.5. The third-order valence-electron chi connectivity index (χ3n) is 7.24. The molecule has 0 radical (unpaired) electrons. The number of hydrogen-bond acceptors (Lipinski definition) is 3. The van der Waals surface area contributed by atoms with E-state index in [-0.39, 0.29) is 36.3 Å². The van der Waals surface area contributed by atoms with Gasteiger partial charge in [0.15, 0.2) is 0 Å². The first kappa shape index (κ1) is 23.5. The summed E-state index contributed by atoms with van der Waals surface area (Å²) in [6.45, 7) is 3.80. The Morgan fingerprint density at radius 2 is 1.57 bits per heavy atom. The van der Waals surface area contributed by atoms with Gasteiger partial charge in [-0.05, 0) is 70.1 Å². The average molecular weight is 414 g/mol. The van der Waals surface area contributed by atoms with E-state index in [1.807, 2.05) is 0 Å². The van der Waals surface area contributed by atoms with Crippen molar-refractivity contribution in [2.75, 3.05) is 13.1 Å². The summed E-state index contributed by atoms with van der Waals surface area (Å²) in [6, 6.07) is 0.504. The first-order valence-electron chi connectivity index (χ1n) is 11.4. The fourth-order valence-electron chi connectivity index (χ4n) is 5.33. The van der Waals surface area contributed by atoms with Gasteiger partial charge in [0.05, 0.1) is 0 Å². The zero-order valence-electron chi connectivity index (χ0n) is 17.5. The molecule has 1 atom stereocenters. The van der Waals surface area contributed by atoms with E-state index in [2.05, 4.69) is 17.1 Å². The third kappa shape index (κ3) is 6.62. The van der Waals surface area contributed by atoms with Crippen LogP contribution < -0.4 is 11.1 Å². The lowest BCUT2D eigenvalue weighted by Crippen LogP contribution is -2.46. The lowest BCUT2D eigenvalue weighted by atomic mass is 9.83. The van der Waals surface area contributed by atoms with Crippen molar-refractivity contribution in [3.63, 3.8) is 0 Å². The number of rotatable bonds is 5. The zero-order valence-corrected chi connectivity index (χ0v) is 18.4. The van der Waals surface area contributed by atoms with E-state index in [9.17, 15) is 9.59 Å². The van der Waals surface area contributed by atoms with Crippen LogP contribution in [-0.4, -0.2) is 41.9 Å². The summed E-state index contributed by atoms with van der Waals surface area (Å²) in [7, 11) is 0. The molecule has 1 aliphatic heterocycles. The van der Waals surface area contributed by atoms with Gasteiger partial charge in [0.2, 0.25) is 11.8 Å². The van der Waals surface area contributed by atoms with Crippen LogP contribution in [0.25, 0.3) is 0 Å². The molecule has 2 amide bonds. The Labute approximate surface area is 177 Å². The minimum absolute atomic E-state index is 0. The number of likely N-dealkylation sites (tertiary alicyclic amines) is 1. The second kappa shape index (κ2) is 11.4. The number of halogens is 1. The molecule has 1 saturated heterocycles. The number of nitrogens with zero attached hydrogens (tertiary/aromatic N) is 1. The lowest BCUT2D eigenvalue weighted by Gasteiger charge is -2.37. The van der Waals surface area contributed by atoms with Crippen LogP contribution in [0.2, 0.25) is 0 Å². The van der Waals surface area contributed by atoms with Crippen LogP contribution >= 0.6 is 12.4 Å². The smallest absolute Gasteiger partial charge is 0.225 e. The molecule has 2 aliphatic carbocycles. The Balaban J connectivity index is 0.00000280. The lowest BCUT2D eigenvalue weighted by molar-refractivity contribution is -0.138. The number of hydrogen-bond donors (Lipinski definition) is 2. The molecule has 3 rings (SSSR count). The van der Waals surface area contributed by atoms with Gasteiger partial charge in [-0.25, -0.2) is 0 Å². The maximum absolute atomic E-state index is 12.8. The van der Waals surface area contributed by atoms with E-state index in [0.29, 0.717) is 24.2 Å². The van der Waals surface area contributed by atoms with E-state index in [1.54, 1.807) is 0 Å². The van der Waals surface area contributed by atoms with Crippen LogP contribution in [0.4, 0.5) is 0 Å². The summed E-state index contributed by atoms with van der Waals surface area (Å²) in [4.78, 5) is 27.2. The molecule has 6 heteroatoms. The molecule has 162 valence electrons. The number of nitrogens with two attached hydrogens (primary N) is 1. The van der Waals surface area contributed by atoms with Crippen molar-refractivity contribution < 1.29 is 9.59 Å². The largest absolute Gasteiger partial charge is 0.353 e. The van der Waals surface area contributed by atoms with Crippen LogP contribution in [0.5, 0.6) is 0 Å². The Hall–Kier alpha value is -0.810. The van der Waals surface area contributed by atoms with Gasteiger partial charge in [-0.15, -0.1) is 12.4 Å². The Bertz CT molecular complexity index is 492. The summed E-state index contributed by atoms with van der Waals surface area (Å²) < 4.78 is 0. The van der Waals surface area contributed by atoms with Crippen molar-refractivity contribution in [1.82, 2.24) is 10.2 Å². The molecule has 1 heterocycles. The SMILES string of the molecule is CC(N)C1CCN(C(=O)C2CCC(NC(=O)CC3CCCCC3)CC2)CC1.Cl. The molecular formula is C22H40ClN3O2. The number of amides is 2. The highest BCUT2D eigenvalue weighted by Gasteiger charge is 2.32. The molecule has 0 aromatic carbocycles. The molecule has 2 saturated carbocycles. The second-order valence-corrected chi connectivity index (χ2v) is 9.35. The van der Waals surface area contributed by atoms with Gasteiger partial charge < -0.3 is 16.0 Å². The highest BCUT2D eigenvalue weighted by molar-refractivity contribution is 5.85. The fourth-order valence-corrected chi connectivity index (χ4v) is 5.33. The van der Waals surface area contributed by atoms with Crippen LogP contribution in [0, 0.1) is 17.8 Å². The standard InChI is InChI=1S/C22H39N3O2.ClH/c1-16(23)18-11-13-25(14-12-18)22(27)19-7-9-20(10-8-19)24-21(26)15-17-5-3-2-4-6-17;/h16-20H,2-15,23H2,1H3,(H,24,26);1H. The van der Waals surface area contributed by atoms with Crippen molar-refractivity contribution in [2.24, 2.45) is 23.5 Å². The molecule has 1 unspecified atom stereocenters. The van der Waals surface area contributed by atoms with Crippen LogP contribution in [0.3, 0.4) is 0 Å². The zero-order chi connectivity index (χ0) is 19.2. The Kier molecular flexibility index (Phi) is 9.55. The quantitative estimate of drug-likeness (QED) is 0.722. The van der Waals surface area contributed by atoms with E-state index in [0.717, 1.165) is 51.6 Å². The maximum Gasteiger partial charge on any atom is 0.225 e. The van der Waals surface area contributed by atoms with Gasteiger partial charge in [0, 0.05) is 37.5 Å². The van der Waals surface area contributed by atoms with E-state index in [1.165, 1.54) is 32.1 Å². The number of carbonyl (C=O) groups excluding carboxylic acids is 2. The average Bonchev–Trinajstić information content (AvgIpc) is 2.69. The van der Waals surface area contributed by atoms with Crippen molar-refractivity contribution in [1.29, 1.82) is 0 Å². The van der Waals surface area contributed by atoms with Crippen molar-refractivity contribution in [3.05, 3.63) is 0 Å². The number of nitrogens with one attached hydrogen (secondary N) is 1. The highest BCUT2D eigenvalue weighted by Crippen LogP contribution is 2.29. The van der Waals surface area contributed by atoms with Gasteiger partial charge in [0.1, 0.15) is 0 Å². The van der Waals surface area contributed by atoms with Crippen molar-refractivity contribution in [3.8, 4) is 0 Å². The molecule has 3 aliphatic rings. The van der Waals surface area contributed by atoms with Gasteiger partial charge in [0.25, 0.3) is 0 Å². The normalized spacial score (nSPS) is 28.3. The predicted octanol–water partition coefficient (Wildman–Crippen LogP) is 3.64. The van der Waals surface area contributed by atoms with E-state index >= 15 is 0 Å². The second-order valence-electron chi connectivity index (χ2n) is 9.35. The summed E-state index contributed by atoms with van der Waals surface area (Å²) in [5, 5.41) is 3.25. The van der Waals surface area contributed by atoms with Crippen LogP contribution in [0.15, 0.2) is 0 Å². The van der Waals surface area contributed by atoms with Crippen LogP contribution in [0.1, 0.15) is 84.0 Å². The summed E-state index contributed by atoms with van der Waals surface area (Å²) in [6.07, 6.45) is 12.8. The monoisotopic (exact) mass is 413 g/mol. The molecule has 28 heavy (non-hydrogen) atoms. The van der Waals surface area contributed by atoms with Crippen LogP contribution in [-0.2, 0) is 9.59 Å². The molecule has 0 spiro atoms. The number of piperidine rings is 1.